The van der Waals surface area contributed by atoms with E-state index < -0.39 is 6.04 Å². The third kappa shape index (κ3) is 4.54. The molecule has 1 atom stereocenters. The van der Waals surface area contributed by atoms with Gasteiger partial charge in [-0.3, -0.25) is 0 Å². The van der Waals surface area contributed by atoms with Gasteiger partial charge >= 0.3 is 5.97 Å². The van der Waals surface area contributed by atoms with Gasteiger partial charge in [0.25, 0.3) is 0 Å². The highest BCUT2D eigenvalue weighted by atomic mass is 16.5. The van der Waals surface area contributed by atoms with E-state index in [0.717, 1.165) is 12.0 Å². The minimum absolute atomic E-state index is 0.240. The zero-order valence-corrected chi connectivity index (χ0v) is 10.2. The summed E-state index contributed by atoms with van der Waals surface area (Å²) in [6.07, 6.45) is 0.836. The Balaban J connectivity index is 2.68. The number of carbonyl (C=O) groups is 1. The summed E-state index contributed by atoms with van der Waals surface area (Å²) < 4.78 is 5.06. The predicted molar refractivity (Wildman–Crippen MR) is 67.5 cm³/mol. The number of esters is 1. The van der Waals surface area contributed by atoms with Gasteiger partial charge in [0.05, 0.1) is 6.61 Å². The van der Waals surface area contributed by atoms with E-state index in [-0.39, 0.29) is 5.97 Å². The first-order valence-electron chi connectivity index (χ1n) is 5.94. The quantitative estimate of drug-likeness (QED) is 0.552. The highest BCUT2D eigenvalue weighted by molar-refractivity contribution is 5.77. The lowest BCUT2D eigenvalue weighted by Gasteiger charge is -2.17. The Morgan fingerprint density at radius 1 is 1.41 bits per heavy atom. The van der Waals surface area contributed by atoms with E-state index in [1.54, 1.807) is 6.92 Å². The van der Waals surface area contributed by atoms with Crippen LogP contribution < -0.4 is 11.1 Å². The molecule has 0 aliphatic heterocycles. The molecule has 1 aromatic rings. The number of rotatable bonds is 7. The first kappa shape index (κ1) is 13.7. The van der Waals surface area contributed by atoms with Gasteiger partial charge in [-0.05, 0) is 32.0 Å². The Morgan fingerprint density at radius 2 is 2.12 bits per heavy atom. The second-order valence-corrected chi connectivity index (χ2v) is 3.69. The molecule has 0 bridgehead atoms. The van der Waals surface area contributed by atoms with Crippen molar-refractivity contribution in [2.45, 2.75) is 19.4 Å². The molecule has 0 saturated carbocycles. The molecule has 0 aliphatic rings. The minimum Gasteiger partial charge on any atom is -0.465 e. The van der Waals surface area contributed by atoms with Crippen LogP contribution in [-0.4, -0.2) is 25.7 Å². The van der Waals surface area contributed by atoms with Crippen molar-refractivity contribution in [3.8, 4) is 0 Å². The molecule has 4 heteroatoms. The monoisotopic (exact) mass is 236 g/mol. The summed E-state index contributed by atoms with van der Waals surface area (Å²) in [5, 5.41) is 3.17. The Hall–Kier alpha value is -1.39. The number of hydrogen-bond acceptors (Lipinski definition) is 4. The normalized spacial score (nSPS) is 12.1. The molecule has 0 aliphatic carbocycles. The second kappa shape index (κ2) is 7.81. The van der Waals surface area contributed by atoms with Crippen molar-refractivity contribution in [1.29, 1.82) is 0 Å². The molecule has 0 fully saturated rings. The minimum atomic E-state index is -0.400. The lowest BCUT2D eigenvalue weighted by Crippen LogP contribution is -2.31. The summed E-state index contributed by atoms with van der Waals surface area (Å²) in [5.41, 5.74) is 6.35. The van der Waals surface area contributed by atoms with Crippen molar-refractivity contribution in [1.82, 2.24) is 5.32 Å². The maximum atomic E-state index is 11.8. The Kier molecular flexibility index (Phi) is 6.29. The number of benzene rings is 1. The molecular weight excluding hydrogens is 216 g/mol. The lowest BCUT2D eigenvalue weighted by molar-refractivity contribution is -0.145. The average molecular weight is 236 g/mol. The van der Waals surface area contributed by atoms with Crippen LogP contribution in [0.4, 0.5) is 0 Å². The van der Waals surface area contributed by atoms with Crippen LogP contribution in [0, 0.1) is 0 Å². The average Bonchev–Trinajstić information content (AvgIpc) is 2.36. The topological polar surface area (TPSA) is 64.3 Å². The van der Waals surface area contributed by atoms with Crippen LogP contribution in [0.2, 0.25) is 0 Å². The summed E-state index contributed by atoms with van der Waals surface area (Å²) in [6.45, 7) is 3.51. The third-order valence-electron chi connectivity index (χ3n) is 2.38. The molecular formula is C13H20N2O2. The van der Waals surface area contributed by atoms with Crippen molar-refractivity contribution in [3.63, 3.8) is 0 Å². The molecule has 1 unspecified atom stereocenters. The summed E-state index contributed by atoms with van der Waals surface area (Å²) >= 11 is 0. The van der Waals surface area contributed by atoms with Gasteiger partial charge in [0, 0.05) is 0 Å². The van der Waals surface area contributed by atoms with Gasteiger partial charge in [-0.2, -0.15) is 0 Å². The van der Waals surface area contributed by atoms with Gasteiger partial charge in [-0.25, -0.2) is 4.79 Å². The van der Waals surface area contributed by atoms with Crippen LogP contribution in [0.1, 0.15) is 24.9 Å². The third-order valence-corrected chi connectivity index (χ3v) is 2.38. The van der Waals surface area contributed by atoms with Crippen LogP contribution in [0.25, 0.3) is 0 Å². The summed E-state index contributed by atoms with van der Waals surface area (Å²) in [6, 6.07) is 9.17. The highest BCUT2D eigenvalue weighted by Gasteiger charge is 2.20. The SMILES string of the molecule is CCOC(=O)C(NCCCN)c1ccccc1. The van der Waals surface area contributed by atoms with Crippen LogP contribution >= 0.6 is 0 Å². The fraction of sp³-hybridized carbons (Fsp3) is 0.462. The second-order valence-electron chi connectivity index (χ2n) is 3.69. The van der Waals surface area contributed by atoms with Crippen LogP contribution in [0.3, 0.4) is 0 Å². The van der Waals surface area contributed by atoms with E-state index in [9.17, 15) is 4.79 Å². The summed E-state index contributed by atoms with van der Waals surface area (Å²) in [5.74, 6) is -0.240. The Labute approximate surface area is 102 Å². The van der Waals surface area contributed by atoms with E-state index in [4.69, 9.17) is 10.5 Å². The van der Waals surface area contributed by atoms with Crippen LogP contribution in [-0.2, 0) is 9.53 Å². The zero-order valence-electron chi connectivity index (χ0n) is 10.2. The van der Waals surface area contributed by atoms with Crippen LogP contribution in [0.5, 0.6) is 0 Å². The number of hydrogen-bond donors (Lipinski definition) is 2. The molecule has 94 valence electrons. The fourth-order valence-electron chi connectivity index (χ4n) is 1.56. The molecule has 1 aromatic carbocycles. The van der Waals surface area contributed by atoms with Gasteiger partial charge < -0.3 is 15.8 Å². The van der Waals surface area contributed by atoms with Crippen molar-refractivity contribution >= 4 is 5.97 Å². The van der Waals surface area contributed by atoms with Gasteiger partial charge in [-0.1, -0.05) is 30.3 Å². The van der Waals surface area contributed by atoms with Crippen molar-refractivity contribution < 1.29 is 9.53 Å². The van der Waals surface area contributed by atoms with E-state index in [2.05, 4.69) is 5.32 Å². The standard InChI is InChI=1S/C13H20N2O2/c1-2-17-13(16)12(15-10-6-9-14)11-7-4-3-5-8-11/h3-5,7-8,12,15H,2,6,9-10,14H2,1H3. The molecule has 0 saturated heterocycles. The first-order chi connectivity index (χ1) is 8.29. The van der Waals surface area contributed by atoms with Gasteiger partial charge in [-0.15, -0.1) is 0 Å². The number of ether oxygens (including phenoxy) is 1. The maximum absolute atomic E-state index is 11.8. The summed E-state index contributed by atoms with van der Waals surface area (Å²) in [4.78, 5) is 11.8. The molecule has 3 N–H and O–H groups in total. The van der Waals surface area contributed by atoms with Crippen LogP contribution in [0.15, 0.2) is 30.3 Å². The molecule has 0 aromatic heterocycles. The largest absolute Gasteiger partial charge is 0.465 e. The van der Waals surface area contributed by atoms with E-state index in [1.807, 2.05) is 30.3 Å². The molecule has 0 spiro atoms. The fourth-order valence-corrected chi connectivity index (χ4v) is 1.56. The molecule has 1 rings (SSSR count). The van der Waals surface area contributed by atoms with Crippen molar-refractivity contribution in [3.05, 3.63) is 35.9 Å². The van der Waals surface area contributed by atoms with Gasteiger partial charge in [0.15, 0.2) is 0 Å². The van der Waals surface area contributed by atoms with Gasteiger partial charge in [0.2, 0.25) is 0 Å². The number of nitrogens with two attached hydrogens (primary N) is 1. The van der Waals surface area contributed by atoms with Gasteiger partial charge in [0.1, 0.15) is 6.04 Å². The number of nitrogens with one attached hydrogen (secondary N) is 1. The maximum Gasteiger partial charge on any atom is 0.327 e. The van der Waals surface area contributed by atoms with Crippen molar-refractivity contribution in [2.75, 3.05) is 19.7 Å². The molecule has 4 nitrogen and oxygen atoms in total. The highest BCUT2D eigenvalue weighted by Crippen LogP contribution is 2.14. The summed E-state index contributed by atoms with van der Waals surface area (Å²) in [7, 11) is 0. The van der Waals surface area contributed by atoms with Crippen molar-refractivity contribution in [2.24, 2.45) is 5.73 Å². The van der Waals surface area contributed by atoms with E-state index >= 15 is 0 Å². The molecule has 0 heterocycles. The van der Waals surface area contributed by atoms with E-state index in [0.29, 0.717) is 19.7 Å². The lowest BCUT2D eigenvalue weighted by atomic mass is 10.1. The molecule has 17 heavy (non-hydrogen) atoms. The number of carbonyl (C=O) groups excluding carboxylic acids is 1. The van der Waals surface area contributed by atoms with E-state index in [1.165, 1.54) is 0 Å². The first-order valence-corrected chi connectivity index (χ1v) is 5.94. The smallest absolute Gasteiger partial charge is 0.327 e. The zero-order chi connectivity index (χ0) is 12.5. The Morgan fingerprint density at radius 3 is 2.71 bits per heavy atom. The Bertz CT molecular complexity index is 327. The molecule has 0 radical (unpaired) electrons. The predicted octanol–water partition coefficient (Wildman–Crippen LogP) is 1.23. The molecule has 0 amide bonds.